The SMILES string of the molecule is Cc1ccc(Br)cc1C(Br)c1cc(Cl)c(Br)cc1F. The molecule has 1 unspecified atom stereocenters. The van der Waals surface area contributed by atoms with Gasteiger partial charge in [0.1, 0.15) is 5.82 Å². The summed E-state index contributed by atoms with van der Waals surface area (Å²) in [6.07, 6.45) is 0. The normalized spacial score (nSPS) is 12.5. The Morgan fingerprint density at radius 1 is 1.11 bits per heavy atom. The number of rotatable bonds is 2. The number of halogens is 5. The summed E-state index contributed by atoms with van der Waals surface area (Å²) < 4.78 is 15.6. The molecule has 0 saturated heterocycles. The lowest BCUT2D eigenvalue weighted by Gasteiger charge is -2.15. The van der Waals surface area contributed by atoms with Gasteiger partial charge in [-0.1, -0.05) is 49.5 Å². The van der Waals surface area contributed by atoms with E-state index in [1.165, 1.54) is 6.07 Å². The number of hydrogen-bond donors (Lipinski definition) is 0. The average molecular weight is 471 g/mol. The molecule has 0 heterocycles. The molecule has 0 N–H and O–H groups in total. The van der Waals surface area contributed by atoms with E-state index in [2.05, 4.69) is 47.8 Å². The van der Waals surface area contributed by atoms with Crippen LogP contribution in [0.25, 0.3) is 0 Å². The topological polar surface area (TPSA) is 0 Å². The van der Waals surface area contributed by atoms with E-state index in [1.54, 1.807) is 6.07 Å². The zero-order chi connectivity index (χ0) is 14.2. The first-order chi connectivity index (χ1) is 8.90. The van der Waals surface area contributed by atoms with Crippen LogP contribution in [0, 0.1) is 12.7 Å². The largest absolute Gasteiger partial charge is 0.207 e. The summed E-state index contributed by atoms with van der Waals surface area (Å²) in [6, 6.07) is 8.96. The predicted octanol–water partition coefficient (Wildman–Crippen LogP) is 6.80. The molecule has 0 aliphatic carbocycles. The van der Waals surface area contributed by atoms with Crippen LogP contribution in [-0.2, 0) is 0 Å². The van der Waals surface area contributed by atoms with Gasteiger partial charge in [0.05, 0.1) is 9.85 Å². The van der Waals surface area contributed by atoms with Crippen molar-refractivity contribution in [1.82, 2.24) is 0 Å². The van der Waals surface area contributed by atoms with E-state index in [0.29, 0.717) is 15.1 Å². The van der Waals surface area contributed by atoms with Crippen molar-refractivity contribution in [2.75, 3.05) is 0 Å². The summed E-state index contributed by atoms with van der Waals surface area (Å²) in [7, 11) is 0. The predicted molar refractivity (Wildman–Crippen MR) is 88.8 cm³/mol. The van der Waals surface area contributed by atoms with Crippen LogP contribution in [0.5, 0.6) is 0 Å². The van der Waals surface area contributed by atoms with E-state index in [4.69, 9.17) is 11.6 Å². The molecule has 2 aromatic carbocycles. The summed E-state index contributed by atoms with van der Waals surface area (Å²) in [5.74, 6) is -0.294. The molecule has 0 radical (unpaired) electrons. The lowest BCUT2D eigenvalue weighted by Crippen LogP contribution is -1.99. The van der Waals surface area contributed by atoms with E-state index in [-0.39, 0.29) is 10.6 Å². The van der Waals surface area contributed by atoms with Crippen LogP contribution in [0.2, 0.25) is 5.02 Å². The van der Waals surface area contributed by atoms with Crippen molar-refractivity contribution in [1.29, 1.82) is 0 Å². The summed E-state index contributed by atoms with van der Waals surface area (Å²) in [5, 5.41) is 0.494. The Morgan fingerprint density at radius 3 is 2.47 bits per heavy atom. The maximum Gasteiger partial charge on any atom is 0.129 e. The molecule has 19 heavy (non-hydrogen) atoms. The highest BCUT2D eigenvalue weighted by Crippen LogP contribution is 2.38. The lowest BCUT2D eigenvalue weighted by atomic mass is 10.0. The first kappa shape index (κ1) is 15.5. The van der Waals surface area contributed by atoms with E-state index in [0.717, 1.165) is 15.6 Å². The summed E-state index contributed by atoms with van der Waals surface area (Å²) in [6.45, 7) is 1.99. The molecule has 5 heteroatoms. The summed E-state index contributed by atoms with van der Waals surface area (Å²) >= 11 is 16.2. The minimum absolute atomic E-state index is 0.240. The van der Waals surface area contributed by atoms with Crippen molar-refractivity contribution in [3.63, 3.8) is 0 Å². The van der Waals surface area contributed by atoms with E-state index >= 15 is 0 Å². The van der Waals surface area contributed by atoms with Crippen LogP contribution in [0.15, 0.2) is 39.3 Å². The van der Waals surface area contributed by atoms with Crippen LogP contribution in [0.3, 0.4) is 0 Å². The van der Waals surface area contributed by atoms with Gasteiger partial charge in [-0.25, -0.2) is 4.39 Å². The molecule has 0 bridgehead atoms. The highest BCUT2D eigenvalue weighted by atomic mass is 79.9. The van der Waals surface area contributed by atoms with Gasteiger partial charge in [-0.3, -0.25) is 0 Å². The monoisotopic (exact) mass is 468 g/mol. The molecule has 100 valence electrons. The first-order valence-electron chi connectivity index (χ1n) is 5.44. The van der Waals surface area contributed by atoms with Crippen LogP contribution in [0.4, 0.5) is 4.39 Å². The Balaban J connectivity index is 2.52. The molecule has 2 aromatic rings. The molecule has 2 rings (SSSR count). The number of alkyl halides is 1. The molecule has 0 aliphatic rings. The third kappa shape index (κ3) is 3.41. The van der Waals surface area contributed by atoms with E-state index in [1.807, 2.05) is 25.1 Å². The number of hydrogen-bond acceptors (Lipinski definition) is 0. The average Bonchev–Trinajstić information content (AvgIpc) is 2.36. The van der Waals surface area contributed by atoms with Gasteiger partial charge in [0, 0.05) is 14.5 Å². The van der Waals surface area contributed by atoms with Crippen molar-refractivity contribution in [2.45, 2.75) is 11.8 Å². The van der Waals surface area contributed by atoms with Gasteiger partial charge < -0.3 is 0 Å². The molecule has 0 saturated carbocycles. The Labute approximate surface area is 141 Å². The Bertz CT molecular complexity index is 628. The molecule has 0 aliphatic heterocycles. The molecule has 0 fully saturated rings. The summed E-state index contributed by atoms with van der Waals surface area (Å²) in [4.78, 5) is -0.240. The maximum atomic E-state index is 14.1. The van der Waals surface area contributed by atoms with Crippen molar-refractivity contribution in [3.8, 4) is 0 Å². The van der Waals surface area contributed by atoms with Crippen molar-refractivity contribution in [3.05, 3.63) is 66.8 Å². The Hall–Kier alpha value is 0.1000. The quantitative estimate of drug-likeness (QED) is 0.334. The molecule has 0 amide bonds. The van der Waals surface area contributed by atoms with Crippen LogP contribution >= 0.6 is 59.4 Å². The molecule has 0 nitrogen and oxygen atoms in total. The fourth-order valence-corrected chi connectivity index (χ4v) is 3.49. The van der Waals surface area contributed by atoms with Gasteiger partial charge in [-0.15, -0.1) is 0 Å². The second-order valence-corrected chi connectivity index (χ2v) is 7.24. The minimum Gasteiger partial charge on any atom is -0.207 e. The molecule has 0 spiro atoms. The second kappa shape index (κ2) is 6.25. The maximum absolute atomic E-state index is 14.1. The van der Waals surface area contributed by atoms with Crippen LogP contribution < -0.4 is 0 Å². The Kier molecular flexibility index (Phi) is 5.09. The fourth-order valence-electron chi connectivity index (χ4n) is 1.78. The lowest BCUT2D eigenvalue weighted by molar-refractivity contribution is 0.612. The van der Waals surface area contributed by atoms with Crippen molar-refractivity contribution in [2.24, 2.45) is 0 Å². The van der Waals surface area contributed by atoms with Gasteiger partial charge >= 0.3 is 0 Å². The second-order valence-electron chi connectivity index (χ2n) is 4.15. The van der Waals surface area contributed by atoms with Gasteiger partial charge in [-0.05, 0) is 58.2 Å². The van der Waals surface area contributed by atoms with Crippen LogP contribution in [-0.4, -0.2) is 0 Å². The third-order valence-corrected chi connectivity index (χ3v) is 5.50. The van der Waals surface area contributed by atoms with Crippen molar-refractivity contribution < 1.29 is 4.39 Å². The third-order valence-electron chi connectivity index (χ3n) is 2.83. The standard InChI is InChI=1S/C14H9Br3ClF/c1-7-2-3-8(15)4-9(7)14(17)10-5-12(18)11(16)6-13(10)19/h2-6,14H,1H3. The van der Waals surface area contributed by atoms with E-state index in [9.17, 15) is 4.39 Å². The number of aryl methyl sites for hydroxylation is 1. The minimum atomic E-state index is -0.294. The zero-order valence-electron chi connectivity index (χ0n) is 9.85. The van der Waals surface area contributed by atoms with Gasteiger partial charge in [0.25, 0.3) is 0 Å². The zero-order valence-corrected chi connectivity index (χ0v) is 15.4. The number of benzene rings is 2. The van der Waals surface area contributed by atoms with Gasteiger partial charge in [0.2, 0.25) is 0 Å². The van der Waals surface area contributed by atoms with Gasteiger partial charge in [-0.2, -0.15) is 0 Å². The highest BCUT2D eigenvalue weighted by molar-refractivity contribution is 9.11. The molecule has 0 aromatic heterocycles. The first-order valence-corrected chi connectivity index (χ1v) is 8.32. The molecular formula is C14H9Br3ClF. The smallest absolute Gasteiger partial charge is 0.129 e. The highest BCUT2D eigenvalue weighted by Gasteiger charge is 2.18. The Morgan fingerprint density at radius 2 is 1.79 bits per heavy atom. The summed E-state index contributed by atoms with van der Waals surface area (Å²) in [5.41, 5.74) is 2.62. The van der Waals surface area contributed by atoms with Crippen LogP contribution in [0.1, 0.15) is 21.5 Å². The van der Waals surface area contributed by atoms with Crippen molar-refractivity contribution >= 4 is 59.4 Å². The fraction of sp³-hybridized carbons (Fsp3) is 0.143. The molecule has 1 atom stereocenters. The van der Waals surface area contributed by atoms with E-state index < -0.39 is 0 Å². The molecular weight excluding hydrogens is 462 g/mol. The van der Waals surface area contributed by atoms with Gasteiger partial charge in [0.15, 0.2) is 0 Å².